The van der Waals surface area contributed by atoms with E-state index in [1.54, 1.807) is 74.5 Å². The molecule has 2 unspecified atom stereocenters. The van der Waals surface area contributed by atoms with Crippen LogP contribution < -0.4 is 0 Å². The molecule has 1 amide bonds. The fraction of sp³-hybridized carbons (Fsp3) is 0.792. The average molecular weight is 472 g/mol. The maximum Gasteiger partial charge on any atom is 0.411 e. The van der Waals surface area contributed by atoms with E-state index in [1.165, 1.54) is 4.90 Å². The molecular formula is C24H41NO8. The molecule has 0 aliphatic carbocycles. The first-order chi connectivity index (χ1) is 15.2. The maximum atomic E-state index is 13.3. The monoisotopic (exact) mass is 471 g/mol. The third kappa shape index (κ3) is 8.30. The molecule has 1 fully saturated rings. The molecule has 1 aliphatic heterocycles. The highest BCUT2D eigenvalue weighted by Crippen LogP contribution is 2.37. The molecule has 0 bridgehead atoms. The van der Waals surface area contributed by atoms with Gasteiger partial charge in [-0.3, -0.25) is 4.90 Å². The first-order valence-corrected chi connectivity index (χ1v) is 11.5. The molecule has 1 rings (SSSR count). The standard InChI is InChI=1S/C24H41NO8/c1-10-13-15-14-16(20(27)32-23(4,5)6)25(22(29)33-24(7,8)9)17(15)18(26)19(30-11-2)21(28)31-12-3/h10,13,15-19,26H,11-12,14H2,1-9H3/b13-10-/t15-,16-,17-,18?,19?/m1/s1. The number of carbonyl (C=O) groups is 3. The molecule has 0 radical (unpaired) electrons. The Morgan fingerprint density at radius 2 is 1.61 bits per heavy atom. The van der Waals surface area contributed by atoms with Crippen LogP contribution in [0.2, 0.25) is 0 Å². The lowest BCUT2D eigenvalue weighted by Gasteiger charge is -2.37. The summed E-state index contributed by atoms with van der Waals surface area (Å²) in [5.41, 5.74) is -1.62. The molecule has 1 N–H and O–H groups in total. The van der Waals surface area contributed by atoms with Crippen molar-refractivity contribution in [3.05, 3.63) is 12.2 Å². The molecule has 190 valence electrons. The van der Waals surface area contributed by atoms with Gasteiger partial charge in [-0.1, -0.05) is 12.2 Å². The Labute approximate surface area is 197 Å². The normalized spacial score (nSPS) is 23.3. The first-order valence-electron chi connectivity index (χ1n) is 11.5. The molecule has 5 atom stereocenters. The lowest BCUT2D eigenvalue weighted by molar-refractivity contribution is -0.169. The van der Waals surface area contributed by atoms with Gasteiger partial charge in [0.25, 0.3) is 0 Å². The molecule has 9 heteroatoms. The molecule has 0 spiro atoms. The Hall–Kier alpha value is -2.13. The topological polar surface area (TPSA) is 112 Å². The zero-order chi connectivity index (χ0) is 25.6. The van der Waals surface area contributed by atoms with Gasteiger partial charge in [-0.15, -0.1) is 0 Å². The van der Waals surface area contributed by atoms with Gasteiger partial charge in [0.2, 0.25) is 0 Å². The van der Waals surface area contributed by atoms with Crippen LogP contribution in [0.25, 0.3) is 0 Å². The number of hydrogen-bond acceptors (Lipinski definition) is 8. The number of rotatable bonds is 8. The van der Waals surface area contributed by atoms with Crippen molar-refractivity contribution in [2.24, 2.45) is 5.92 Å². The van der Waals surface area contributed by atoms with Crippen LogP contribution in [0.3, 0.4) is 0 Å². The number of aliphatic hydroxyl groups is 1. The predicted octanol–water partition coefficient (Wildman–Crippen LogP) is 3.23. The largest absolute Gasteiger partial charge is 0.464 e. The molecular weight excluding hydrogens is 430 g/mol. The second-order valence-corrected chi connectivity index (χ2v) is 9.97. The second-order valence-electron chi connectivity index (χ2n) is 9.97. The number of hydrogen-bond donors (Lipinski definition) is 1. The SMILES string of the molecule is C/C=C\[C@@H]1C[C@H](C(=O)OC(C)(C)C)N(C(=O)OC(C)(C)C)[C@H]1C(O)C(OCC)C(=O)OCC. The molecule has 33 heavy (non-hydrogen) atoms. The number of amides is 1. The maximum absolute atomic E-state index is 13.3. The summed E-state index contributed by atoms with van der Waals surface area (Å²) in [6.07, 6.45) is 0.176. The van der Waals surface area contributed by atoms with Crippen molar-refractivity contribution in [3.8, 4) is 0 Å². The molecule has 1 saturated heterocycles. The molecule has 0 aromatic rings. The van der Waals surface area contributed by atoms with E-state index in [1.807, 2.05) is 0 Å². The molecule has 9 nitrogen and oxygen atoms in total. The molecule has 0 aromatic carbocycles. The minimum absolute atomic E-state index is 0.106. The Morgan fingerprint density at radius 3 is 2.06 bits per heavy atom. The third-order valence-electron chi connectivity index (χ3n) is 4.84. The van der Waals surface area contributed by atoms with Crippen LogP contribution in [0.5, 0.6) is 0 Å². The number of allylic oxidation sites excluding steroid dienone is 1. The highest BCUT2D eigenvalue weighted by molar-refractivity contribution is 5.83. The van der Waals surface area contributed by atoms with Crippen LogP contribution in [-0.4, -0.2) is 76.7 Å². The summed E-state index contributed by atoms with van der Waals surface area (Å²) in [6, 6.07) is -1.99. The number of esters is 2. The number of carbonyl (C=O) groups excluding carboxylic acids is 3. The van der Waals surface area contributed by atoms with Gasteiger partial charge in [-0.25, -0.2) is 14.4 Å². The van der Waals surface area contributed by atoms with Crippen LogP contribution in [-0.2, 0) is 28.5 Å². The van der Waals surface area contributed by atoms with Crippen molar-refractivity contribution in [1.82, 2.24) is 4.90 Å². The van der Waals surface area contributed by atoms with Gasteiger partial charge in [0.1, 0.15) is 23.3 Å². The molecule has 0 aromatic heterocycles. The summed E-state index contributed by atoms with van der Waals surface area (Å²) >= 11 is 0. The number of ether oxygens (including phenoxy) is 4. The zero-order valence-electron chi connectivity index (χ0n) is 21.4. The Kier molecular flexibility index (Phi) is 10.4. The van der Waals surface area contributed by atoms with Crippen molar-refractivity contribution in [1.29, 1.82) is 0 Å². The molecule has 0 saturated carbocycles. The van der Waals surface area contributed by atoms with Crippen molar-refractivity contribution >= 4 is 18.0 Å². The third-order valence-corrected chi connectivity index (χ3v) is 4.84. The molecule has 1 heterocycles. The van der Waals surface area contributed by atoms with Gasteiger partial charge in [0.05, 0.1) is 12.6 Å². The van der Waals surface area contributed by atoms with Gasteiger partial charge in [-0.2, -0.15) is 0 Å². The number of nitrogens with zero attached hydrogens (tertiary/aromatic N) is 1. The smallest absolute Gasteiger partial charge is 0.411 e. The summed E-state index contributed by atoms with van der Waals surface area (Å²) in [4.78, 5) is 40.1. The van der Waals surface area contributed by atoms with E-state index in [0.717, 1.165) is 0 Å². The quantitative estimate of drug-likeness (QED) is 0.326. The summed E-state index contributed by atoms with van der Waals surface area (Å²) in [5.74, 6) is -1.80. The summed E-state index contributed by atoms with van der Waals surface area (Å²) in [6.45, 7) is 15.7. The van der Waals surface area contributed by atoms with Gasteiger partial charge in [0, 0.05) is 12.5 Å². The lowest BCUT2D eigenvalue weighted by Crippen LogP contribution is -2.57. The summed E-state index contributed by atoms with van der Waals surface area (Å²) in [5, 5.41) is 11.3. The Morgan fingerprint density at radius 1 is 1.03 bits per heavy atom. The highest BCUT2D eigenvalue weighted by atomic mass is 16.6. The van der Waals surface area contributed by atoms with E-state index in [0.29, 0.717) is 0 Å². The zero-order valence-corrected chi connectivity index (χ0v) is 21.4. The van der Waals surface area contributed by atoms with Crippen LogP contribution in [0, 0.1) is 5.92 Å². The van der Waals surface area contributed by atoms with E-state index in [2.05, 4.69) is 0 Å². The van der Waals surface area contributed by atoms with Crippen LogP contribution in [0.1, 0.15) is 68.7 Å². The molecule has 1 aliphatic rings. The lowest BCUT2D eigenvalue weighted by atomic mass is 9.91. The minimum Gasteiger partial charge on any atom is -0.464 e. The average Bonchev–Trinajstić information content (AvgIpc) is 3.03. The van der Waals surface area contributed by atoms with Crippen molar-refractivity contribution in [2.45, 2.75) is 104 Å². The van der Waals surface area contributed by atoms with Crippen molar-refractivity contribution in [2.75, 3.05) is 13.2 Å². The van der Waals surface area contributed by atoms with E-state index in [9.17, 15) is 19.5 Å². The Balaban J connectivity index is 3.51. The predicted molar refractivity (Wildman–Crippen MR) is 122 cm³/mol. The van der Waals surface area contributed by atoms with E-state index in [4.69, 9.17) is 18.9 Å². The van der Waals surface area contributed by atoms with E-state index < -0.39 is 59.4 Å². The minimum atomic E-state index is -1.47. The van der Waals surface area contributed by atoms with Crippen molar-refractivity contribution in [3.63, 3.8) is 0 Å². The van der Waals surface area contributed by atoms with Gasteiger partial charge in [0.15, 0.2) is 6.10 Å². The highest BCUT2D eigenvalue weighted by Gasteiger charge is 2.54. The van der Waals surface area contributed by atoms with Crippen LogP contribution >= 0.6 is 0 Å². The first kappa shape index (κ1) is 28.9. The summed E-state index contributed by atoms with van der Waals surface area (Å²) in [7, 11) is 0. The van der Waals surface area contributed by atoms with E-state index in [-0.39, 0.29) is 19.6 Å². The van der Waals surface area contributed by atoms with Gasteiger partial charge >= 0.3 is 18.0 Å². The van der Waals surface area contributed by atoms with Crippen molar-refractivity contribution < 1.29 is 38.4 Å². The van der Waals surface area contributed by atoms with Gasteiger partial charge < -0.3 is 24.1 Å². The van der Waals surface area contributed by atoms with Crippen LogP contribution in [0.15, 0.2) is 12.2 Å². The fourth-order valence-corrected chi connectivity index (χ4v) is 3.81. The Bertz CT molecular complexity index is 706. The van der Waals surface area contributed by atoms with Crippen LogP contribution in [0.4, 0.5) is 4.79 Å². The second kappa shape index (κ2) is 11.8. The summed E-state index contributed by atoms with van der Waals surface area (Å²) < 4.78 is 21.7. The van der Waals surface area contributed by atoms with E-state index >= 15 is 0 Å². The number of likely N-dealkylation sites (tertiary alicyclic amines) is 1. The number of aliphatic hydroxyl groups excluding tert-OH is 1. The fourth-order valence-electron chi connectivity index (χ4n) is 3.81. The van der Waals surface area contributed by atoms with Gasteiger partial charge in [-0.05, 0) is 68.7 Å².